The average molecular weight is 252 g/mol. The zero-order valence-corrected chi connectivity index (χ0v) is 10.8. The van der Waals surface area contributed by atoms with Crippen LogP contribution in [-0.4, -0.2) is 34.9 Å². The topological polar surface area (TPSA) is 93.0 Å². The number of aryl methyl sites for hydroxylation is 1. The maximum Gasteiger partial charge on any atom is 0.274 e. The Morgan fingerprint density at radius 2 is 2.44 bits per heavy atom. The summed E-state index contributed by atoms with van der Waals surface area (Å²) in [7, 11) is 0. The molecule has 0 bridgehead atoms. The fourth-order valence-corrected chi connectivity index (χ4v) is 2.21. The van der Waals surface area contributed by atoms with Crippen LogP contribution in [0, 0.1) is 0 Å². The number of H-pyrrole nitrogens is 1. The second-order valence-corrected chi connectivity index (χ2v) is 4.69. The largest absolute Gasteiger partial charge is 0.395 e. The fourth-order valence-electron chi connectivity index (χ4n) is 2.21. The van der Waals surface area contributed by atoms with Gasteiger partial charge in [-0.2, -0.15) is 5.10 Å². The molecule has 2 heterocycles. The van der Waals surface area contributed by atoms with E-state index < -0.39 is 0 Å². The van der Waals surface area contributed by atoms with E-state index in [0.29, 0.717) is 18.0 Å². The number of anilines is 1. The molecule has 1 aliphatic rings. The molecule has 1 aliphatic heterocycles. The van der Waals surface area contributed by atoms with Crippen LogP contribution in [0.2, 0.25) is 0 Å². The van der Waals surface area contributed by atoms with Gasteiger partial charge < -0.3 is 15.8 Å². The summed E-state index contributed by atoms with van der Waals surface area (Å²) >= 11 is 0. The molecule has 6 heteroatoms. The first-order valence-electron chi connectivity index (χ1n) is 6.37. The summed E-state index contributed by atoms with van der Waals surface area (Å²) < 4.78 is 5.44. The summed E-state index contributed by atoms with van der Waals surface area (Å²) in [5.74, 6) is -0.206. The van der Waals surface area contributed by atoms with Crippen molar-refractivity contribution >= 4 is 11.6 Å². The average Bonchev–Trinajstić information content (AvgIpc) is 2.70. The molecule has 0 aliphatic carbocycles. The Hall–Kier alpha value is -1.56. The molecule has 1 amide bonds. The van der Waals surface area contributed by atoms with Gasteiger partial charge in [-0.3, -0.25) is 9.89 Å². The van der Waals surface area contributed by atoms with Crippen LogP contribution in [-0.2, 0) is 11.2 Å². The van der Waals surface area contributed by atoms with Crippen molar-refractivity contribution in [2.45, 2.75) is 45.3 Å². The second kappa shape index (κ2) is 5.39. The summed E-state index contributed by atoms with van der Waals surface area (Å²) in [6, 6.07) is 0.141. The number of aromatic amines is 1. The molecule has 2 unspecified atom stereocenters. The molecule has 4 N–H and O–H groups in total. The van der Waals surface area contributed by atoms with Crippen LogP contribution in [0.3, 0.4) is 0 Å². The number of hydrogen-bond acceptors (Lipinski definition) is 4. The lowest BCUT2D eigenvalue weighted by molar-refractivity contribution is 0.0136. The number of nitrogens with zero attached hydrogens (tertiary/aromatic N) is 1. The van der Waals surface area contributed by atoms with Gasteiger partial charge in [0.05, 0.1) is 17.5 Å². The van der Waals surface area contributed by atoms with Crippen molar-refractivity contribution in [3.63, 3.8) is 0 Å². The zero-order chi connectivity index (χ0) is 13.1. The van der Waals surface area contributed by atoms with E-state index >= 15 is 0 Å². The highest BCUT2D eigenvalue weighted by Gasteiger charge is 2.23. The Morgan fingerprint density at radius 1 is 1.67 bits per heavy atom. The van der Waals surface area contributed by atoms with Gasteiger partial charge >= 0.3 is 0 Å². The van der Waals surface area contributed by atoms with Gasteiger partial charge in [0.1, 0.15) is 0 Å². The molecule has 1 aromatic heterocycles. The van der Waals surface area contributed by atoms with Crippen LogP contribution in [0.25, 0.3) is 0 Å². The van der Waals surface area contributed by atoms with Crippen LogP contribution >= 0.6 is 0 Å². The van der Waals surface area contributed by atoms with E-state index in [2.05, 4.69) is 15.5 Å². The molecule has 18 heavy (non-hydrogen) atoms. The van der Waals surface area contributed by atoms with Gasteiger partial charge in [-0.05, 0) is 26.2 Å². The molecule has 0 radical (unpaired) electrons. The third-order valence-electron chi connectivity index (χ3n) is 3.27. The number of nitrogen functional groups attached to an aromatic ring is 1. The smallest absolute Gasteiger partial charge is 0.274 e. The van der Waals surface area contributed by atoms with Gasteiger partial charge in [-0.25, -0.2) is 0 Å². The molecular weight excluding hydrogens is 232 g/mol. The predicted octanol–water partition coefficient (Wildman–Crippen LogP) is 0.852. The monoisotopic (exact) mass is 252 g/mol. The molecule has 100 valence electrons. The van der Waals surface area contributed by atoms with E-state index in [0.717, 1.165) is 25.0 Å². The van der Waals surface area contributed by atoms with Gasteiger partial charge in [0.25, 0.3) is 5.91 Å². The van der Waals surface area contributed by atoms with Crippen molar-refractivity contribution in [1.82, 2.24) is 15.5 Å². The Morgan fingerprint density at radius 3 is 3.06 bits per heavy atom. The summed E-state index contributed by atoms with van der Waals surface area (Å²) in [5.41, 5.74) is 7.42. The van der Waals surface area contributed by atoms with Gasteiger partial charge in [0, 0.05) is 12.6 Å². The van der Waals surface area contributed by atoms with Crippen molar-refractivity contribution < 1.29 is 9.53 Å². The first-order valence-corrected chi connectivity index (χ1v) is 6.37. The number of rotatable bonds is 3. The van der Waals surface area contributed by atoms with E-state index in [1.54, 1.807) is 0 Å². The molecule has 6 nitrogen and oxygen atoms in total. The number of nitrogens with one attached hydrogen (secondary N) is 2. The van der Waals surface area contributed by atoms with E-state index in [-0.39, 0.29) is 18.1 Å². The minimum atomic E-state index is -0.206. The van der Waals surface area contributed by atoms with Gasteiger partial charge in [-0.1, -0.05) is 6.92 Å². The summed E-state index contributed by atoms with van der Waals surface area (Å²) in [6.45, 7) is 4.66. The number of amides is 1. The van der Waals surface area contributed by atoms with Crippen LogP contribution < -0.4 is 11.1 Å². The molecular formula is C12H20N4O2. The minimum Gasteiger partial charge on any atom is -0.395 e. The summed E-state index contributed by atoms with van der Waals surface area (Å²) in [4.78, 5) is 12.1. The molecule has 0 saturated carbocycles. The van der Waals surface area contributed by atoms with E-state index in [1.165, 1.54) is 0 Å². The quantitative estimate of drug-likeness (QED) is 0.743. The number of hydrogen-bond donors (Lipinski definition) is 3. The highest BCUT2D eigenvalue weighted by Crippen LogP contribution is 2.17. The maximum atomic E-state index is 12.1. The number of aromatic nitrogens is 2. The van der Waals surface area contributed by atoms with Gasteiger partial charge in [-0.15, -0.1) is 0 Å². The van der Waals surface area contributed by atoms with E-state index in [1.807, 2.05) is 13.8 Å². The highest BCUT2D eigenvalue weighted by molar-refractivity contribution is 5.97. The lowest BCUT2D eigenvalue weighted by atomic mass is 10.0. The van der Waals surface area contributed by atoms with Gasteiger partial charge in [0.2, 0.25) is 0 Å². The van der Waals surface area contributed by atoms with Crippen molar-refractivity contribution in [3.8, 4) is 0 Å². The van der Waals surface area contributed by atoms with Gasteiger partial charge in [0.15, 0.2) is 5.69 Å². The van der Waals surface area contributed by atoms with Crippen molar-refractivity contribution in [2.24, 2.45) is 0 Å². The fraction of sp³-hybridized carbons (Fsp3) is 0.667. The number of ether oxygens (including phenoxy) is 1. The minimum absolute atomic E-state index is 0.141. The predicted molar refractivity (Wildman–Crippen MR) is 68.3 cm³/mol. The summed E-state index contributed by atoms with van der Waals surface area (Å²) in [5, 5.41) is 9.73. The van der Waals surface area contributed by atoms with E-state index in [9.17, 15) is 4.79 Å². The zero-order valence-electron chi connectivity index (χ0n) is 10.8. The molecule has 2 rings (SSSR count). The lowest BCUT2D eigenvalue weighted by Gasteiger charge is -2.27. The van der Waals surface area contributed by atoms with Crippen molar-refractivity contribution in [2.75, 3.05) is 12.3 Å². The third-order valence-corrected chi connectivity index (χ3v) is 3.27. The van der Waals surface area contributed by atoms with Crippen LogP contribution in [0.15, 0.2) is 0 Å². The second-order valence-electron chi connectivity index (χ2n) is 4.69. The SMILES string of the molecule is CCc1[nH]nc(C(=O)NC2CCOC(C)C2)c1N. The first-order chi connectivity index (χ1) is 8.61. The lowest BCUT2D eigenvalue weighted by Crippen LogP contribution is -2.41. The Balaban J connectivity index is 2.00. The number of carbonyl (C=O) groups is 1. The van der Waals surface area contributed by atoms with Crippen molar-refractivity contribution in [1.29, 1.82) is 0 Å². The normalized spacial score (nSPS) is 23.9. The molecule has 0 aromatic carbocycles. The van der Waals surface area contributed by atoms with Crippen LogP contribution in [0.5, 0.6) is 0 Å². The Bertz CT molecular complexity index is 430. The van der Waals surface area contributed by atoms with Crippen LogP contribution in [0.4, 0.5) is 5.69 Å². The third kappa shape index (κ3) is 2.64. The molecule has 1 fully saturated rings. The first kappa shape index (κ1) is 12.9. The standard InChI is InChI=1S/C12H20N4O2/c1-3-9-10(13)11(16-15-9)12(17)14-8-4-5-18-7(2)6-8/h7-8H,3-6,13H2,1-2H3,(H,14,17)(H,15,16). The molecule has 1 saturated heterocycles. The molecule has 0 spiro atoms. The Labute approximate surface area is 106 Å². The van der Waals surface area contributed by atoms with E-state index in [4.69, 9.17) is 10.5 Å². The summed E-state index contributed by atoms with van der Waals surface area (Å²) in [6.07, 6.45) is 2.59. The highest BCUT2D eigenvalue weighted by atomic mass is 16.5. The van der Waals surface area contributed by atoms with Crippen molar-refractivity contribution in [3.05, 3.63) is 11.4 Å². The molecule has 2 atom stereocenters. The maximum absolute atomic E-state index is 12.1. The Kier molecular flexibility index (Phi) is 3.86. The van der Waals surface area contributed by atoms with Crippen LogP contribution in [0.1, 0.15) is 42.9 Å². The number of carbonyl (C=O) groups excluding carboxylic acids is 1. The number of nitrogens with two attached hydrogens (primary N) is 1. The molecule has 1 aromatic rings.